The summed E-state index contributed by atoms with van der Waals surface area (Å²) in [4.78, 5) is 1.10. The molecule has 0 saturated heterocycles. The third-order valence-corrected chi connectivity index (χ3v) is 5.95. The number of rotatable bonds is 6. The number of nitrogens with zero attached hydrogens (tertiary/aromatic N) is 1. The van der Waals surface area contributed by atoms with E-state index in [0.29, 0.717) is 11.3 Å². The third-order valence-electron chi connectivity index (χ3n) is 3.34. The molecule has 2 aromatic rings. The fourth-order valence-electron chi connectivity index (χ4n) is 1.93. The molecule has 8 heteroatoms. The van der Waals surface area contributed by atoms with Crippen molar-refractivity contribution in [2.45, 2.75) is 37.8 Å². The molecule has 6 nitrogen and oxygen atoms in total. The Bertz CT molecular complexity index is 703. The van der Waals surface area contributed by atoms with Crippen LogP contribution in [0.5, 0.6) is 0 Å². The minimum absolute atomic E-state index is 0.135. The maximum atomic E-state index is 12.3. The summed E-state index contributed by atoms with van der Waals surface area (Å²) in [6, 6.07) is 3.92. The number of nitrogens with one attached hydrogen (secondary N) is 2. The maximum Gasteiger partial charge on any atom is 0.260 e. The Morgan fingerprint density at radius 1 is 1.48 bits per heavy atom. The lowest BCUT2D eigenvalue weighted by Gasteiger charge is -2.23. The molecule has 0 aliphatic heterocycles. The summed E-state index contributed by atoms with van der Waals surface area (Å²) in [5.74, 6) is 0. The summed E-state index contributed by atoms with van der Waals surface area (Å²) in [6.45, 7) is 5.51. The Kier molecular flexibility index (Phi) is 4.52. The van der Waals surface area contributed by atoms with E-state index < -0.39 is 10.0 Å². The Hall–Kier alpha value is -1.22. The molecular weight excluding hydrogens is 310 g/mol. The van der Waals surface area contributed by atoms with Crippen LogP contribution < -0.4 is 4.72 Å². The second-order valence-corrected chi connectivity index (χ2v) is 8.11. The predicted octanol–water partition coefficient (Wildman–Crippen LogP) is 1.53. The monoisotopic (exact) mass is 329 g/mol. The first-order chi connectivity index (χ1) is 9.78. The van der Waals surface area contributed by atoms with E-state index in [9.17, 15) is 13.5 Å². The van der Waals surface area contributed by atoms with E-state index in [1.807, 2.05) is 31.4 Å². The summed E-state index contributed by atoms with van der Waals surface area (Å²) < 4.78 is 27.3. The normalized spacial score (nSPS) is 12.8. The van der Waals surface area contributed by atoms with E-state index in [0.717, 1.165) is 4.88 Å². The quantitative estimate of drug-likeness (QED) is 0.749. The smallest absolute Gasteiger partial charge is 0.260 e. The van der Waals surface area contributed by atoms with Crippen LogP contribution in [0, 0.1) is 6.92 Å². The van der Waals surface area contributed by atoms with Crippen LogP contribution in [0.3, 0.4) is 0 Å². The fraction of sp³-hybridized carbons (Fsp3) is 0.462. The van der Waals surface area contributed by atoms with Gasteiger partial charge in [-0.05, 0) is 18.4 Å². The van der Waals surface area contributed by atoms with Crippen molar-refractivity contribution < 1.29 is 13.5 Å². The predicted molar refractivity (Wildman–Crippen MR) is 81.8 cm³/mol. The van der Waals surface area contributed by atoms with Crippen LogP contribution in [0.1, 0.15) is 30.0 Å². The Morgan fingerprint density at radius 3 is 2.76 bits per heavy atom. The van der Waals surface area contributed by atoms with Crippen LogP contribution in [-0.2, 0) is 22.0 Å². The van der Waals surface area contributed by atoms with E-state index in [2.05, 4.69) is 14.9 Å². The molecule has 21 heavy (non-hydrogen) atoms. The van der Waals surface area contributed by atoms with Gasteiger partial charge in [0.2, 0.25) is 0 Å². The number of aryl methyl sites for hydroxylation is 1. The highest BCUT2D eigenvalue weighted by molar-refractivity contribution is 7.89. The number of hydrogen-bond acceptors (Lipinski definition) is 5. The minimum atomic E-state index is -3.75. The summed E-state index contributed by atoms with van der Waals surface area (Å²) in [5, 5.41) is 17.5. The second kappa shape index (κ2) is 5.88. The first kappa shape index (κ1) is 16.2. The molecule has 0 spiro atoms. The van der Waals surface area contributed by atoms with E-state index >= 15 is 0 Å². The lowest BCUT2D eigenvalue weighted by Crippen LogP contribution is -2.36. The van der Waals surface area contributed by atoms with Gasteiger partial charge in [0.05, 0.1) is 6.61 Å². The second-order valence-electron chi connectivity index (χ2n) is 5.48. The number of aromatic amines is 1. The van der Waals surface area contributed by atoms with Gasteiger partial charge in [0.15, 0.2) is 5.03 Å². The molecule has 0 fully saturated rings. The molecule has 2 rings (SSSR count). The van der Waals surface area contributed by atoms with Crippen molar-refractivity contribution in [2.75, 3.05) is 6.54 Å². The third kappa shape index (κ3) is 3.34. The van der Waals surface area contributed by atoms with Crippen molar-refractivity contribution in [3.63, 3.8) is 0 Å². The SMILES string of the molecule is Cc1[nH]nc(S(=O)(=O)NCC(C)(C)c2cccs2)c1CO. The number of aliphatic hydroxyl groups is 1. The molecule has 2 aromatic heterocycles. The van der Waals surface area contributed by atoms with Gasteiger partial charge in [-0.3, -0.25) is 5.10 Å². The van der Waals surface area contributed by atoms with Gasteiger partial charge in [0, 0.05) is 28.1 Å². The molecule has 116 valence electrons. The Labute approximate surface area is 128 Å². The van der Waals surface area contributed by atoms with Gasteiger partial charge in [0.25, 0.3) is 10.0 Å². The van der Waals surface area contributed by atoms with E-state index in [1.165, 1.54) is 0 Å². The van der Waals surface area contributed by atoms with Crippen LogP contribution in [0.2, 0.25) is 0 Å². The lowest BCUT2D eigenvalue weighted by molar-refractivity contribution is 0.277. The maximum absolute atomic E-state index is 12.3. The van der Waals surface area contributed by atoms with Crippen LogP contribution in [-0.4, -0.2) is 30.3 Å². The van der Waals surface area contributed by atoms with Crippen molar-refractivity contribution in [2.24, 2.45) is 0 Å². The van der Waals surface area contributed by atoms with Crippen LogP contribution in [0.4, 0.5) is 0 Å². The number of hydrogen-bond donors (Lipinski definition) is 3. The van der Waals surface area contributed by atoms with Gasteiger partial charge in [-0.1, -0.05) is 19.9 Å². The topological polar surface area (TPSA) is 95.1 Å². The van der Waals surface area contributed by atoms with Crippen molar-refractivity contribution in [3.05, 3.63) is 33.6 Å². The van der Waals surface area contributed by atoms with E-state index in [-0.39, 0.29) is 23.6 Å². The molecule has 0 radical (unpaired) electrons. The van der Waals surface area contributed by atoms with Crippen LogP contribution in [0.15, 0.2) is 22.5 Å². The lowest BCUT2D eigenvalue weighted by atomic mass is 9.92. The number of aliphatic hydroxyl groups excluding tert-OH is 1. The molecule has 3 N–H and O–H groups in total. The molecule has 0 bridgehead atoms. The van der Waals surface area contributed by atoms with Crippen molar-refractivity contribution >= 4 is 21.4 Å². The molecule has 0 amide bonds. The molecule has 0 aliphatic rings. The minimum Gasteiger partial charge on any atom is -0.392 e. The van der Waals surface area contributed by atoms with E-state index in [4.69, 9.17) is 0 Å². The first-order valence-corrected chi connectivity index (χ1v) is 8.82. The van der Waals surface area contributed by atoms with Crippen LogP contribution in [0.25, 0.3) is 0 Å². The Balaban J connectivity index is 2.19. The summed E-state index contributed by atoms with van der Waals surface area (Å²) in [7, 11) is -3.75. The zero-order valence-electron chi connectivity index (χ0n) is 12.2. The average Bonchev–Trinajstić information content (AvgIpc) is 3.06. The molecule has 0 saturated carbocycles. The number of aromatic nitrogens is 2. The molecule has 0 aliphatic carbocycles. The van der Waals surface area contributed by atoms with Gasteiger partial charge in [-0.15, -0.1) is 11.3 Å². The highest BCUT2D eigenvalue weighted by Crippen LogP contribution is 2.27. The number of sulfonamides is 1. The zero-order chi connectivity index (χ0) is 15.7. The van der Waals surface area contributed by atoms with Crippen molar-refractivity contribution in [1.29, 1.82) is 0 Å². The largest absolute Gasteiger partial charge is 0.392 e. The van der Waals surface area contributed by atoms with E-state index in [1.54, 1.807) is 18.3 Å². The first-order valence-electron chi connectivity index (χ1n) is 6.46. The van der Waals surface area contributed by atoms with Gasteiger partial charge < -0.3 is 5.11 Å². The van der Waals surface area contributed by atoms with Crippen molar-refractivity contribution in [1.82, 2.24) is 14.9 Å². The van der Waals surface area contributed by atoms with Gasteiger partial charge in [-0.2, -0.15) is 5.10 Å². The summed E-state index contributed by atoms with van der Waals surface area (Å²) in [6.07, 6.45) is 0. The average molecular weight is 329 g/mol. The number of thiophene rings is 1. The molecule has 0 unspecified atom stereocenters. The molecule has 0 aromatic carbocycles. The van der Waals surface area contributed by atoms with Gasteiger partial charge in [0.1, 0.15) is 0 Å². The molecule has 0 atom stereocenters. The summed E-state index contributed by atoms with van der Waals surface area (Å²) >= 11 is 1.59. The Morgan fingerprint density at radius 2 is 2.19 bits per heavy atom. The van der Waals surface area contributed by atoms with Crippen LogP contribution >= 0.6 is 11.3 Å². The fourth-order valence-corrected chi connectivity index (χ4v) is 4.18. The molecule has 2 heterocycles. The highest BCUT2D eigenvalue weighted by atomic mass is 32.2. The number of H-pyrrole nitrogens is 1. The standard InChI is InChI=1S/C13H19N3O3S2/c1-9-10(7-17)12(16-15-9)21(18,19)14-8-13(2,3)11-5-4-6-20-11/h4-6,14,17H,7-8H2,1-3H3,(H,15,16). The zero-order valence-corrected chi connectivity index (χ0v) is 13.8. The van der Waals surface area contributed by atoms with Gasteiger partial charge in [-0.25, -0.2) is 13.1 Å². The molecular formula is C13H19N3O3S2. The summed E-state index contributed by atoms with van der Waals surface area (Å²) in [5.41, 5.74) is 0.540. The van der Waals surface area contributed by atoms with Gasteiger partial charge >= 0.3 is 0 Å². The highest BCUT2D eigenvalue weighted by Gasteiger charge is 2.28. The van der Waals surface area contributed by atoms with Crippen molar-refractivity contribution in [3.8, 4) is 0 Å².